The predicted octanol–water partition coefficient (Wildman–Crippen LogP) is 3.47. The minimum Gasteiger partial charge on any atom is -0.339 e. The first-order valence-corrected chi connectivity index (χ1v) is 7.37. The van der Waals surface area contributed by atoms with Crippen molar-refractivity contribution < 1.29 is 4.39 Å². The summed E-state index contributed by atoms with van der Waals surface area (Å²) in [5, 5.41) is 4.81. The van der Waals surface area contributed by atoms with Crippen molar-refractivity contribution in [1.29, 1.82) is 0 Å². The Morgan fingerprint density at radius 3 is 2.71 bits per heavy atom. The van der Waals surface area contributed by atoms with Gasteiger partial charge in [-0.15, -0.1) is 0 Å². The fourth-order valence-corrected chi connectivity index (χ4v) is 3.28. The molecule has 0 amide bonds. The molecule has 1 N–H and O–H groups in total. The van der Waals surface area contributed by atoms with Crippen LogP contribution in [0.3, 0.4) is 0 Å². The van der Waals surface area contributed by atoms with Gasteiger partial charge in [-0.3, -0.25) is 0 Å². The van der Waals surface area contributed by atoms with Crippen molar-refractivity contribution >= 4 is 10.9 Å². The number of nitrogens with zero attached hydrogens (tertiary/aromatic N) is 1. The molecule has 2 aromatic carbocycles. The molecule has 0 saturated carbocycles. The third kappa shape index (κ3) is 2.14. The number of para-hydroxylation sites is 1. The maximum Gasteiger partial charge on any atom is 0.123 e. The zero-order valence-corrected chi connectivity index (χ0v) is 11.8. The summed E-state index contributed by atoms with van der Waals surface area (Å²) in [6.45, 7) is 2.74. The molecule has 1 aliphatic heterocycles. The Morgan fingerprint density at radius 1 is 1.05 bits per heavy atom. The van der Waals surface area contributed by atoms with Gasteiger partial charge in [-0.25, -0.2) is 4.39 Å². The Morgan fingerprint density at radius 2 is 1.86 bits per heavy atom. The highest BCUT2D eigenvalue weighted by Crippen LogP contribution is 2.29. The molecule has 3 heteroatoms. The number of hydrogen-bond donors (Lipinski definition) is 1. The van der Waals surface area contributed by atoms with Gasteiger partial charge in [0.15, 0.2) is 0 Å². The van der Waals surface area contributed by atoms with E-state index in [1.807, 2.05) is 12.1 Å². The zero-order chi connectivity index (χ0) is 14.2. The molecule has 0 atom stereocenters. The second-order valence-electron chi connectivity index (χ2n) is 5.58. The first-order valence-electron chi connectivity index (χ1n) is 7.37. The molecule has 0 unspecified atom stereocenters. The van der Waals surface area contributed by atoms with Gasteiger partial charge in [-0.05, 0) is 42.3 Å². The molecule has 0 aliphatic carbocycles. The number of hydrogen-bond acceptors (Lipinski definition) is 1. The van der Waals surface area contributed by atoms with Gasteiger partial charge >= 0.3 is 0 Å². The van der Waals surface area contributed by atoms with Crippen molar-refractivity contribution in [3.63, 3.8) is 0 Å². The van der Waals surface area contributed by atoms with Crippen LogP contribution in [0, 0.1) is 5.82 Å². The molecule has 0 radical (unpaired) electrons. The van der Waals surface area contributed by atoms with E-state index in [9.17, 15) is 4.39 Å². The molecule has 0 spiro atoms. The summed E-state index contributed by atoms with van der Waals surface area (Å²) >= 11 is 0. The molecular weight excluding hydrogens is 263 g/mol. The molecule has 0 fully saturated rings. The Bertz CT molecular complexity index is 787. The Labute approximate surface area is 123 Å². The van der Waals surface area contributed by atoms with Crippen LogP contribution >= 0.6 is 0 Å². The molecule has 1 aliphatic rings. The van der Waals surface area contributed by atoms with Crippen LogP contribution in [0.1, 0.15) is 16.8 Å². The average Bonchev–Trinajstić information content (AvgIpc) is 2.85. The molecule has 106 valence electrons. The lowest BCUT2D eigenvalue weighted by Gasteiger charge is -2.17. The summed E-state index contributed by atoms with van der Waals surface area (Å²) in [6, 6.07) is 15.4. The normalized spacial score (nSPS) is 14.3. The van der Waals surface area contributed by atoms with Gasteiger partial charge in [0.25, 0.3) is 0 Å². The van der Waals surface area contributed by atoms with E-state index >= 15 is 0 Å². The molecule has 0 bridgehead atoms. The molecule has 3 aromatic rings. The van der Waals surface area contributed by atoms with Crippen LogP contribution in [0.25, 0.3) is 10.9 Å². The molecule has 2 heterocycles. The molecule has 0 saturated heterocycles. The smallest absolute Gasteiger partial charge is 0.123 e. The summed E-state index contributed by atoms with van der Waals surface area (Å²) in [5.74, 6) is -0.181. The van der Waals surface area contributed by atoms with E-state index < -0.39 is 0 Å². The van der Waals surface area contributed by atoms with Gasteiger partial charge in [0.2, 0.25) is 0 Å². The first kappa shape index (κ1) is 12.6. The number of rotatable bonds is 2. The second kappa shape index (κ2) is 5.01. The first-order chi connectivity index (χ1) is 10.3. The van der Waals surface area contributed by atoms with Gasteiger partial charge in [-0.1, -0.05) is 30.3 Å². The summed E-state index contributed by atoms with van der Waals surface area (Å²) in [4.78, 5) is 0. The molecule has 4 rings (SSSR count). The lowest BCUT2D eigenvalue weighted by molar-refractivity contribution is 0.601. The van der Waals surface area contributed by atoms with Gasteiger partial charge in [-0.2, -0.15) is 0 Å². The minimum atomic E-state index is -0.181. The number of fused-ring (bicyclic) bond motifs is 3. The number of aromatic nitrogens is 1. The lowest BCUT2D eigenvalue weighted by Crippen LogP contribution is -2.25. The van der Waals surface area contributed by atoms with Crippen LogP contribution < -0.4 is 5.32 Å². The Hall–Kier alpha value is -2.13. The lowest BCUT2D eigenvalue weighted by atomic mass is 10.1. The van der Waals surface area contributed by atoms with Gasteiger partial charge in [0, 0.05) is 29.7 Å². The van der Waals surface area contributed by atoms with Crippen molar-refractivity contribution in [2.45, 2.75) is 19.5 Å². The van der Waals surface area contributed by atoms with Crippen molar-refractivity contribution in [3.8, 4) is 0 Å². The monoisotopic (exact) mass is 280 g/mol. The van der Waals surface area contributed by atoms with E-state index in [1.165, 1.54) is 34.3 Å². The fraction of sp³-hybridized carbons (Fsp3) is 0.222. The van der Waals surface area contributed by atoms with Crippen LogP contribution in [0.15, 0.2) is 48.5 Å². The van der Waals surface area contributed by atoms with E-state index in [0.29, 0.717) is 0 Å². The predicted molar refractivity (Wildman–Crippen MR) is 82.9 cm³/mol. The van der Waals surface area contributed by atoms with E-state index in [2.05, 4.69) is 34.1 Å². The Kier molecular flexibility index (Phi) is 3.00. The largest absolute Gasteiger partial charge is 0.339 e. The average molecular weight is 280 g/mol. The summed E-state index contributed by atoms with van der Waals surface area (Å²) in [7, 11) is 0. The van der Waals surface area contributed by atoms with Crippen molar-refractivity contribution in [2.24, 2.45) is 0 Å². The second-order valence-corrected chi connectivity index (χ2v) is 5.58. The van der Waals surface area contributed by atoms with Crippen molar-refractivity contribution in [1.82, 2.24) is 9.88 Å². The van der Waals surface area contributed by atoms with Gasteiger partial charge in [0.05, 0.1) is 0 Å². The van der Waals surface area contributed by atoms with E-state index in [0.717, 1.165) is 31.6 Å². The minimum absolute atomic E-state index is 0.181. The zero-order valence-electron chi connectivity index (χ0n) is 11.8. The van der Waals surface area contributed by atoms with Crippen LogP contribution in [0.4, 0.5) is 4.39 Å². The quantitative estimate of drug-likeness (QED) is 0.760. The van der Waals surface area contributed by atoms with Crippen LogP contribution in [0.2, 0.25) is 0 Å². The number of benzene rings is 2. The molecule has 21 heavy (non-hydrogen) atoms. The van der Waals surface area contributed by atoms with Gasteiger partial charge < -0.3 is 9.88 Å². The third-order valence-corrected chi connectivity index (χ3v) is 4.29. The molecule has 1 aromatic heterocycles. The summed E-state index contributed by atoms with van der Waals surface area (Å²) in [5.41, 5.74) is 5.24. The SMILES string of the molecule is Fc1ccc(Cn2c3c(c4ccccc42)CCNC3)cc1. The van der Waals surface area contributed by atoms with Crippen LogP contribution in [-0.4, -0.2) is 11.1 Å². The number of halogens is 1. The van der Waals surface area contributed by atoms with E-state index in [4.69, 9.17) is 0 Å². The fourth-order valence-electron chi connectivity index (χ4n) is 3.28. The van der Waals surface area contributed by atoms with Gasteiger partial charge in [0.1, 0.15) is 5.82 Å². The molecular formula is C18H17FN2. The third-order valence-electron chi connectivity index (χ3n) is 4.29. The highest BCUT2D eigenvalue weighted by molar-refractivity contribution is 5.86. The maximum absolute atomic E-state index is 13.1. The highest BCUT2D eigenvalue weighted by Gasteiger charge is 2.19. The topological polar surface area (TPSA) is 17.0 Å². The highest BCUT2D eigenvalue weighted by atomic mass is 19.1. The van der Waals surface area contributed by atoms with Crippen LogP contribution in [-0.2, 0) is 19.5 Å². The summed E-state index contributed by atoms with van der Waals surface area (Å²) in [6.07, 6.45) is 1.08. The van der Waals surface area contributed by atoms with Crippen LogP contribution in [0.5, 0.6) is 0 Å². The number of nitrogens with one attached hydrogen (secondary N) is 1. The van der Waals surface area contributed by atoms with Crippen molar-refractivity contribution in [3.05, 3.63) is 71.2 Å². The molecule has 2 nitrogen and oxygen atoms in total. The maximum atomic E-state index is 13.1. The summed E-state index contributed by atoms with van der Waals surface area (Å²) < 4.78 is 15.4. The van der Waals surface area contributed by atoms with E-state index in [-0.39, 0.29) is 5.82 Å². The Balaban J connectivity index is 1.85. The van der Waals surface area contributed by atoms with E-state index in [1.54, 1.807) is 0 Å². The standard InChI is InChI=1S/C18H17FN2/c19-14-7-5-13(6-8-14)12-21-17-4-2-1-3-15(17)16-9-10-20-11-18(16)21/h1-8,20H,9-12H2. The van der Waals surface area contributed by atoms with Crippen molar-refractivity contribution in [2.75, 3.05) is 6.54 Å².